The van der Waals surface area contributed by atoms with Crippen LogP contribution >= 0.6 is 11.3 Å². The number of aromatic nitrogens is 1. The van der Waals surface area contributed by atoms with Crippen LogP contribution in [0, 0.1) is 0 Å². The molecule has 0 bridgehead atoms. The molecule has 0 spiro atoms. The van der Waals surface area contributed by atoms with Gasteiger partial charge < -0.3 is 14.2 Å². The number of amides is 2. The van der Waals surface area contributed by atoms with E-state index in [1.54, 1.807) is 13.2 Å². The van der Waals surface area contributed by atoms with E-state index in [0.29, 0.717) is 30.4 Å². The lowest BCUT2D eigenvalue weighted by molar-refractivity contribution is 0.0777. The molecule has 248 valence electrons. The van der Waals surface area contributed by atoms with Gasteiger partial charge in [-0.2, -0.15) is 12.7 Å². The average molecular weight is 675 g/mol. The van der Waals surface area contributed by atoms with Crippen LogP contribution < -0.4 is 9.46 Å². The molecule has 0 atom stereocenters. The molecule has 1 N–H and O–H groups in total. The number of carbonyl (C=O) groups is 2. The smallest absolute Gasteiger partial charge is 0.303 e. The van der Waals surface area contributed by atoms with E-state index >= 15 is 0 Å². The predicted molar refractivity (Wildman–Crippen MR) is 189 cm³/mol. The lowest BCUT2D eigenvalue weighted by atomic mass is 9.81. The van der Waals surface area contributed by atoms with Gasteiger partial charge in [-0.1, -0.05) is 25.3 Å². The summed E-state index contributed by atoms with van der Waals surface area (Å²) in [5, 5.41) is 3.03. The Balaban J connectivity index is 1.60. The van der Waals surface area contributed by atoms with Crippen LogP contribution in [0.4, 0.5) is 0 Å². The number of nitrogens with one attached hydrogen (secondary N) is 1. The van der Waals surface area contributed by atoms with Gasteiger partial charge in [-0.3, -0.25) is 9.59 Å². The maximum absolute atomic E-state index is 13.7. The summed E-state index contributed by atoms with van der Waals surface area (Å²) in [4.78, 5) is 29.6. The second-order valence-electron chi connectivity index (χ2n) is 12.4. The van der Waals surface area contributed by atoms with Crippen LogP contribution in [0.15, 0.2) is 47.8 Å². The molecule has 1 aliphatic carbocycles. The first-order valence-corrected chi connectivity index (χ1v) is 18.6. The number of rotatable bonds is 9. The molecule has 11 heteroatoms. The summed E-state index contributed by atoms with van der Waals surface area (Å²) in [6, 6.07) is 13.7. The van der Waals surface area contributed by atoms with E-state index < -0.39 is 16.1 Å². The summed E-state index contributed by atoms with van der Waals surface area (Å²) in [6.45, 7) is 5.69. The molecule has 6 rings (SSSR count). The Morgan fingerprint density at radius 3 is 2.43 bits per heavy atom. The van der Waals surface area contributed by atoms with Crippen molar-refractivity contribution in [3.8, 4) is 17.0 Å². The third-order valence-corrected chi connectivity index (χ3v) is 11.8. The first kappa shape index (κ1) is 33.0. The molecule has 4 aromatic rings. The monoisotopic (exact) mass is 674 g/mol. The highest BCUT2D eigenvalue weighted by molar-refractivity contribution is 7.87. The number of hydrogen-bond donors (Lipinski definition) is 1. The zero-order valence-electron chi connectivity index (χ0n) is 27.6. The van der Waals surface area contributed by atoms with Crippen LogP contribution in [-0.2, 0) is 16.8 Å². The Morgan fingerprint density at radius 2 is 1.74 bits per heavy atom. The van der Waals surface area contributed by atoms with E-state index in [2.05, 4.69) is 27.5 Å². The maximum Gasteiger partial charge on any atom is 0.303 e. The lowest BCUT2D eigenvalue weighted by Crippen LogP contribution is -2.39. The molecule has 47 heavy (non-hydrogen) atoms. The van der Waals surface area contributed by atoms with Crippen LogP contribution in [0.2, 0.25) is 0 Å². The maximum atomic E-state index is 13.7. The van der Waals surface area contributed by atoms with Crippen LogP contribution in [0.3, 0.4) is 0 Å². The van der Waals surface area contributed by atoms with E-state index in [1.165, 1.54) is 37.4 Å². The van der Waals surface area contributed by atoms with E-state index in [1.807, 2.05) is 48.4 Å². The summed E-state index contributed by atoms with van der Waals surface area (Å²) in [5.74, 6) is 0.412. The number of fused-ring (bicyclic) bond motifs is 5. The highest BCUT2D eigenvalue weighted by Gasteiger charge is 2.31. The minimum Gasteiger partial charge on any atom is -0.497 e. The van der Waals surface area contributed by atoms with Crippen molar-refractivity contribution in [2.24, 2.45) is 0 Å². The predicted octanol–water partition coefficient (Wildman–Crippen LogP) is 7.00. The van der Waals surface area contributed by atoms with E-state index in [4.69, 9.17) is 4.74 Å². The van der Waals surface area contributed by atoms with Crippen molar-refractivity contribution in [3.63, 3.8) is 0 Å². The Bertz CT molecular complexity index is 1980. The molecule has 2 aliphatic rings. The summed E-state index contributed by atoms with van der Waals surface area (Å²) in [5.41, 5.74) is 7.41. The van der Waals surface area contributed by atoms with Crippen molar-refractivity contribution >= 4 is 55.9 Å². The van der Waals surface area contributed by atoms with Gasteiger partial charge in [0.25, 0.3) is 11.8 Å². The third kappa shape index (κ3) is 6.12. The number of allylic oxidation sites excluding steroid dienone is 1. The van der Waals surface area contributed by atoms with Crippen molar-refractivity contribution in [1.82, 2.24) is 18.5 Å². The number of methoxy groups -OCH3 is 1. The lowest BCUT2D eigenvalue weighted by Gasteiger charge is -2.24. The molecule has 2 aromatic carbocycles. The normalized spacial score (nSPS) is 15.1. The van der Waals surface area contributed by atoms with Crippen molar-refractivity contribution in [2.75, 3.05) is 34.3 Å². The van der Waals surface area contributed by atoms with Crippen molar-refractivity contribution in [2.45, 2.75) is 58.4 Å². The Labute approximate surface area is 281 Å². The fourth-order valence-electron chi connectivity index (χ4n) is 7.00. The number of benzene rings is 2. The second-order valence-corrected chi connectivity index (χ2v) is 15.2. The van der Waals surface area contributed by atoms with Crippen LogP contribution in [-0.4, -0.2) is 68.3 Å². The quantitative estimate of drug-likeness (QED) is 0.206. The largest absolute Gasteiger partial charge is 0.497 e. The van der Waals surface area contributed by atoms with Crippen molar-refractivity contribution in [1.29, 1.82) is 0 Å². The van der Waals surface area contributed by atoms with Crippen molar-refractivity contribution < 1.29 is 22.7 Å². The first-order chi connectivity index (χ1) is 22.6. The standard InChI is InChI=1S/C36H42N4O5S2/c1-6-39(7-2)36(42)34-29(17-18-46-34)26-19-25-20-27(45-5)14-16-28(25)33-32(23-11-9-8-10-12-23)30-15-13-24(21-31(30)40(33)22-26)35(41)37-47(43,44)38(3)4/h13-21,23H,6-12,22H2,1-5H3,(H,37,41). The van der Waals surface area contributed by atoms with Gasteiger partial charge in [-0.15, -0.1) is 11.3 Å². The van der Waals surface area contributed by atoms with Crippen molar-refractivity contribution in [3.05, 3.63) is 75.0 Å². The molecule has 2 aromatic heterocycles. The summed E-state index contributed by atoms with van der Waals surface area (Å²) >= 11 is 1.45. The van der Waals surface area contributed by atoms with Crippen LogP contribution in [0.5, 0.6) is 5.75 Å². The fourth-order valence-corrected chi connectivity index (χ4v) is 8.43. The van der Waals surface area contributed by atoms with Crippen LogP contribution in [0.25, 0.3) is 33.8 Å². The Kier molecular flexibility index (Phi) is 9.33. The highest BCUT2D eigenvalue weighted by Crippen LogP contribution is 2.48. The number of carbonyl (C=O) groups excluding carboxylic acids is 2. The summed E-state index contributed by atoms with van der Waals surface area (Å²) in [6.07, 6.45) is 7.86. The van der Waals surface area contributed by atoms with Gasteiger partial charge in [-0.05, 0) is 97.2 Å². The first-order valence-electron chi connectivity index (χ1n) is 16.2. The number of thiophene rings is 1. The molecule has 9 nitrogen and oxygen atoms in total. The molecule has 2 amide bonds. The zero-order chi connectivity index (χ0) is 33.5. The Hall–Kier alpha value is -3.93. The van der Waals surface area contributed by atoms with Crippen LogP contribution in [0.1, 0.15) is 88.6 Å². The number of ether oxygens (including phenoxy) is 1. The zero-order valence-corrected chi connectivity index (χ0v) is 29.3. The molecular formula is C36H42N4O5S2. The highest BCUT2D eigenvalue weighted by atomic mass is 32.2. The van der Waals surface area contributed by atoms with Gasteiger partial charge in [0.2, 0.25) is 0 Å². The molecule has 0 saturated heterocycles. The van der Waals surface area contributed by atoms with Gasteiger partial charge in [0, 0.05) is 61.3 Å². The van der Waals surface area contributed by atoms with E-state index in [-0.39, 0.29) is 11.5 Å². The summed E-state index contributed by atoms with van der Waals surface area (Å²) in [7, 11) is 0.453. The van der Waals surface area contributed by atoms with E-state index in [9.17, 15) is 18.0 Å². The van der Waals surface area contributed by atoms with Gasteiger partial charge in [-0.25, -0.2) is 4.72 Å². The molecule has 0 unspecified atom stereocenters. The number of hydrogen-bond acceptors (Lipinski definition) is 6. The van der Waals surface area contributed by atoms with Gasteiger partial charge in [0.15, 0.2) is 0 Å². The molecule has 1 saturated carbocycles. The topological polar surface area (TPSA) is 101 Å². The number of nitrogens with zero attached hydrogens (tertiary/aromatic N) is 3. The third-order valence-electron chi connectivity index (χ3n) is 9.51. The minimum atomic E-state index is -3.97. The molecule has 3 heterocycles. The van der Waals surface area contributed by atoms with Gasteiger partial charge in [0.1, 0.15) is 5.75 Å². The molecule has 0 radical (unpaired) electrons. The molecular weight excluding hydrogens is 633 g/mol. The second kappa shape index (κ2) is 13.3. The van der Waals surface area contributed by atoms with Gasteiger partial charge >= 0.3 is 10.2 Å². The van der Waals surface area contributed by atoms with Gasteiger partial charge in [0.05, 0.1) is 17.7 Å². The summed E-state index contributed by atoms with van der Waals surface area (Å²) < 4.78 is 36.2. The molecule has 1 fully saturated rings. The average Bonchev–Trinajstić information content (AvgIpc) is 3.64. The fraction of sp³-hybridized carbons (Fsp3) is 0.389. The van der Waals surface area contributed by atoms with E-state index in [0.717, 1.165) is 74.6 Å². The molecule has 1 aliphatic heterocycles. The Morgan fingerprint density at radius 1 is 1.00 bits per heavy atom. The SMILES string of the molecule is CCN(CC)C(=O)c1sccc1C1=Cc2cc(OC)ccc2-c2c(C3CCCCC3)c3ccc(C(=O)NS(=O)(=O)N(C)C)cc3n2C1. The minimum absolute atomic E-state index is 0.0116.